The second-order valence-electron chi connectivity index (χ2n) is 5.49. The quantitative estimate of drug-likeness (QED) is 0.662. The van der Waals surface area contributed by atoms with Crippen molar-refractivity contribution in [1.82, 2.24) is 10.6 Å². The first-order chi connectivity index (χ1) is 9.40. The second kappa shape index (κ2) is 5.50. The third-order valence-corrected chi connectivity index (χ3v) is 4.56. The monoisotopic (exact) mass is 292 g/mol. The number of rotatable bonds is 3. The van der Waals surface area contributed by atoms with Gasteiger partial charge in [-0.25, -0.2) is 4.79 Å². The van der Waals surface area contributed by atoms with E-state index in [0.717, 1.165) is 10.6 Å². The zero-order valence-electron chi connectivity index (χ0n) is 12.2. The molecule has 2 N–H and O–H groups in total. The van der Waals surface area contributed by atoms with Crippen molar-refractivity contribution in [2.24, 2.45) is 5.92 Å². The van der Waals surface area contributed by atoms with Gasteiger partial charge in [-0.05, 0) is 18.9 Å². The summed E-state index contributed by atoms with van der Waals surface area (Å²) < 4.78 is 4.84. The molecule has 1 aromatic carbocycles. The lowest BCUT2D eigenvalue weighted by Crippen LogP contribution is -2.47. The van der Waals surface area contributed by atoms with Crippen molar-refractivity contribution < 1.29 is 9.53 Å². The summed E-state index contributed by atoms with van der Waals surface area (Å²) in [6.45, 7) is 6.32. The summed E-state index contributed by atoms with van der Waals surface area (Å²) in [6.07, 6.45) is -0.176. The third-order valence-electron chi connectivity index (χ3n) is 4.02. The van der Waals surface area contributed by atoms with Gasteiger partial charge in [0.1, 0.15) is 6.17 Å². The summed E-state index contributed by atoms with van der Waals surface area (Å²) in [5.74, 6) is 0.00561. The summed E-state index contributed by atoms with van der Waals surface area (Å²) in [7, 11) is 1.39. The molecule has 2 unspecified atom stereocenters. The molecule has 20 heavy (non-hydrogen) atoms. The van der Waals surface area contributed by atoms with Crippen molar-refractivity contribution in [1.29, 1.82) is 0 Å². The van der Waals surface area contributed by atoms with Gasteiger partial charge in [0.05, 0.1) is 23.2 Å². The van der Waals surface area contributed by atoms with Gasteiger partial charge in [0.15, 0.2) is 0 Å². The Morgan fingerprint density at radius 3 is 2.60 bits per heavy atom. The number of carbonyl (C=O) groups excluding carboxylic acids is 1. The van der Waals surface area contributed by atoms with E-state index in [1.165, 1.54) is 7.11 Å². The molecule has 5 heteroatoms. The number of hydrogen-bond acceptors (Lipinski definition) is 4. The first kappa shape index (κ1) is 14.9. The Balaban J connectivity index is 2.36. The number of thiocarbonyl (C=S) groups is 1. The summed E-state index contributed by atoms with van der Waals surface area (Å²) >= 11 is 5.45. The van der Waals surface area contributed by atoms with Crippen LogP contribution in [0.4, 0.5) is 0 Å². The van der Waals surface area contributed by atoms with Crippen molar-refractivity contribution >= 4 is 23.2 Å². The Labute approximate surface area is 124 Å². The number of benzene rings is 1. The largest absolute Gasteiger partial charge is 0.465 e. The van der Waals surface area contributed by atoms with Gasteiger partial charge in [-0.15, -0.1) is 0 Å². The molecule has 2 atom stereocenters. The lowest BCUT2D eigenvalue weighted by Gasteiger charge is -2.28. The van der Waals surface area contributed by atoms with E-state index in [1.807, 2.05) is 18.2 Å². The lowest BCUT2D eigenvalue weighted by atomic mass is 9.89. The average molecular weight is 292 g/mol. The standard InChI is InChI=1S/C15H20N2O2S/c1-9(2)15(3)14(20)16-12(17-15)10-7-5-6-8-11(10)13(18)19-4/h5-9,12,17H,1-4H3,(H,16,20). The molecule has 1 aromatic rings. The Morgan fingerprint density at radius 2 is 2.05 bits per heavy atom. The fraction of sp³-hybridized carbons (Fsp3) is 0.467. The fourth-order valence-corrected chi connectivity index (χ4v) is 2.72. The summed E-state index contributed by atoms with van der Waals surface area (Å²) in [6, 6.07) is 7.40. The Hall–Kier alpha value is -1.46. The number of methoxy groups -OCH3 is 1. The molecule has 0 aromatic heterocycles. The SMILES string of the molecule is COC(=O)c1ccccc1C1NC(=S)C(C)(C(C)C)N1. The van der Waals surface area contributed by atoms with Crippen LogP contribution in [-0.4, -0.2) is 23.6 Å². The van der Waals surface area contributed by atoms with E-state index in [4.69, 9.17) is 17.0 Å². The number of carbonyl (C=O) groups is 1. The molecule has 2 rings (SSSR count). The summed E-state index contributed by atoms with van der Waals surface area (Å²) in [5, 5.41) is 6.77. The summed E-state index contributed by atoms with van der Waals surface area (Å²) in [4.78, 5) is 12.6. The predicted molar refractivity (Wildman–Crippen MR) is 82.6 cm³/mol. The summed E-state index contributed by atoms with van der Waals surface area (Å²) in [5.41, 5.74) is 1.13. The molecule has 1 saturated heterocycles. The molecule has 1 aliphatic heterocycles. The molecule has 4 nitrogen and oxygen atoms in total. The van der Waals surface area contributed by atoms with Gasteiger partial charge < -0.3 is 10.1 Å². The number of ether oxygens (including phenoxy) is 1. The van der Waals surface area contributed by atoms with E-state index in [9.17, 15) is 4.79 Å². The van der Waals surface area contributed by atoms with Crippen LogP contribution in [0.3, 0.4) is 0 Å². The molecule has 0 spiro atoms. The minimum absolute atomic E-state index is 0.176. The van der Waals surface area contributed by atoms with E-state index < -0.39 is 0 Å². The molecular formula is C15H20N2O2S. The maximum atomic E-state index is 11.9. The van der Waals surface area contributed by atoms with Gasteiger partial charge in [0.25, 0.3) is 0 Å². The van der Waals surface area contributed by atoms with Crippen LogP contribution >= 0.6 is 12.2 Å². The van der Waals surface area contributed by atoms with Crippen molar-refractivity contribution in [3.63, 3.8) is 0 Å². The number of esters is 1. The first-order valence-electron chi connectivity index (χ1n) is 6.66. The van der Waals surface area contributed by atoms with Crippen molar-refractivity contribution in [3.05, 3.63) is 35.4 Å². The van der Waals surface area contributed by atoms with Crippen LogP contribution in [0, 0.1) is 5.92 Å². The van der Waals surface area contributed by atoms with E-state index >= 15 is 0 Å². The molecule has 108 valence electrons. The fourth-order valence-electron chi connectivity index (χ4n) is 2.31. The van der Waals surface area contributed by atoms with Crippen LogP contribution in [0.15, 0.2) is 24.3 Å². The molecular weight excluding hydrogens is 272 g/mol. The van der Waals surface area contributed by atoms with Crippen molar-refractivity contribution in [2.45, 2.75) is 32.5 Å². The highest BCUT2D eigenvalue weighted by atomic mass is 32.1. The predicted octanol–water partition coefficient (Wildman–Crippen LogP) is 2.41. The van der Waals surface area contributed by atoms with Gasteiger partial charge in [0, 0.05) is 5.56 Å². The highest BCUT2D eigenvalue weighted by molar-refractivity contribution is 7.80. The van der Waals surface area contributed by atoms with Crippen molar-refractivity contribution in [2.75, 3.05) is 7.11 Å². The van der Waals surface area contributed by atoms with E-state index in [2.05, 4.69) is 31.4 Å². The number of hydrogen-bond donors (Lipinski definition) is 2. The molecule has 0 aliphatic carbocycles. The highest BCUT2D eigenvalue weighted by Gasteiger charge is 2.42. The van der Waals surface area contributed by atoms with Gasteiger partial charge in [-0.3, -0.25) is 5.32 Å². The molecule has 0 amide bonds. The maximum Gasteiger partial charge on any atom is 0.338 e. The Morgan fingerprint density at radius 1 is 1.40 bits per heavy atom. The molecule has 0 bridgehead atoms. The van der Waals surface area contributed by atoms with Crippen LogP contribution in [0.25, 0.3) is 0 Å². The zero-order valence-corrected chi connectivity index (χ0v) is 13.0. The van der Waals surface area contributed by atoms with Crippen molar-refractivity contribution in [3.8, 4) is 0 Å². The molecule has 1 fully saturated rings. The highest BCUT2D eigenvalue weighted by Crippen LogP contribution is 2.30. The van der Waals surface area contributed by atoms with Crippen LogP contribution in [0.1, 0.15) is 42.9 Å². The topological polar surface area (TPSA) is 50.4 Å². The molecule has 1 aliphatic rings. The molecule has 0 radical (unpaired) electrons. The molecule has 1 heterocycles. The maximum absolute atomic E-state index is 11.9. The van der Waals surface area contributed by atoms with Gasteiger partial charge in [-0.2, -0.15) is 0 Å². The Bertz CT molecular complexity index is 544. The van der Waals surface area contributed by atoms with E-state index in [-0.39, 0.29) is 17.7 Å². The van der Waals surface area contributed by atoms with Crippen LogP contribution < -0.4 is 10.6 Å². The normalized spacial score (nSPS) is 25.6. The van der Waals surface area contributed by atoms with Gasteiger partial charge in [-0.1, -0.05) is 44.3 Å². The van der Waals surface area contributed by atoms with Crippen LogP contribution in [0.5, 0.6) is 0 Å². The molecule has 0 saturated carbocycles. The second-order valence-corrected chi connectivity index (χ2v) is 5.89. The van der Waals surface area contributed by atoms with Crippen LogP contribution in [0.2, 0.25) is 0 Å². The van der Waals surface area contributed by atoms with Gasteiger partial charge in [0.2, 0.25) is 0 Å². The Kier molecular flexibility index (Phi) is 4.11. The van der Waals surface area contributed by atoms with E-state index in [1.54, 1.807) is 6.07 Å². The number of nitrogens with one attached hydrogen (secondary N) is 2. The smallest absolute Gasteiger partial charge is 0.338 e. The first-order valence-corrected chi connectivity index (χ1v) is 7.07. The van der Waals surface area contributed by atoms with E-state index in [0.29, 0.717) is 11.5 Å². The minimum atomic E-state index is -0.340. The van der Waals surface area contributed by atoms with Crippen LogP contribution in [-0.2, 0) is 4.74 Å². The third kappa shape index (κ3) is 2.43. The lowest BCUT2D eigenvalue weighted by molar-refractivity contribution is 0.0598. The minimum Gasteiger partial charge on any atom is -0.465 e. The van der Waals surface area contributed by atoms with Gasteiger partial charge >= 0.3 is 5.97 Å². The average Bonchev–Trinajstić information content (AvgIpc) is 2.75. The zero-order chi connectivity index (χ0) is 14.9.